The van der Waals surface area contributed by atoms with E-state index < -0.39 is 21.1 Å². The van der Waals surface area contributed by atoms with Gasteiger partial charge in [-0.2, -0.15) is 0 Å². The van der Waals surface area contributed by atoms with Gasteiger partial charge in [0, 0.05) is 5.56 Å². The number of rotatable bonds is 3. The van der Waals surface area contributed by atoms with Gasteiger partial charge < -0.3 is 9.66 Å². The van der Waals surface area contributed by atoms with Crippen molar-refractivity contribution < 1.29 is 47.6 Å². The van der Waals surface area contributed by atoms with Crippen molar-refractivity contribution in [3.8, 4) is 0 Å². The van der Waals surface area contributed by atoms with Crippen LogP contribution in [0.5, 0.6) is 0 Å². The molecule has 4 nitrogen and oxygen atoms in total. The second kappa shape index (κ2) is 7.83. The monoisotopic (exact) mass is 388 g/mol. The Kier molecular flexibility index (Phi) is 7.20. The van der Waals surface area contributed by atoms with Crippen LogP contribution in [0.15, 0.2) is 41.3 Å². The summed E-state index contributed by atoms with van der Waals surface area (Å²) in [6.45, 7) is 0. The van der Waals surface area contributed by atoms with Crippen molar-refractivity contribution in [3.63, 3.8) is 0 Å². The van der Waals surface area contributed by atoms with E-state index in [0.29, 0.717) is 0 Å². The van der Waals surface area contributed by atoms with Crippen LogP contribution in [-0.4, -0.2) is 18.1 Å². The summed E-state index contributed by atoms with van der Waals surface area (Å²) < 4.78 is 33.0. The van der Waals surface area contributed by atoms with E-state index in [2.05, 4.69) is 0 Å². The van der Waals surface area contributed by atoms with Gasteiger partial charge >= 0.3 is 29.6 Å². The standard InChI is InChI=1S/C13H9Cl3O4S.Na/c14-10-5-4-9(11(15)12(10)16)13(17)7-2-1-3-8(6-7)21(18,19)20;/h1-6,13,17H,(H,18,19,20);/q;+1/p-1. The predicted molar refractivity (Wildman–Crippen MR) is 79.9 cm³/mol. The Balaban J connectivity index is 0.00000242. The molecule has 0 radical (unpaired) electrons. The summed E-state index contributed by atoms with van der Waals surface area (Å²) in [5.74, 6) is 0. The molecule has 0 aliphatic heterocycles. The minimum atomic E-state index is -4.61. The molecule has 1 atom stereocenters. The van der Waals surface area contributed by atoms with Gasteiger partial charge in [-0.05, 0) is 23.8 Å². The third-order valence-electron chi connectivity index (χ3n) is 2.82. The predicted octanol–water partition coefficient (Wildman–Crippen LogP) is 0.637. The van der Waals surface area contributed by atoms with E-state index in [0.717, 1.165) is 12.1 Å². The van der Waals surface area contributed by atoms with E-state index in [1.54, 1.807) is 0 Å². The summed E-state index contributed by atoms with van der Waals surface area (Å²) in [5.41, 5.74) is 0.457. The molecule has 0 amide bonds. The molecule has 1 N–H and O–H groups in total. The van der Waals surface area contributed by atoms with Gasteiger partial charge in [-0.15, -0.1) is 0 Å². The van der Waals surface area contributed by atoms with E-state index in [1.807, 2.05) is 0 Å². The fourth-order valence-corrected chi connectivity index (χ4v) is 2.94. The first kappa shape index (κ1) is 20.2. The molecule has 0 bridgehead atoms. The number of hydrogen-bond acceptors (Lipinski definition) is 4. The van der Waals surface area contributed by atoms with E-state index in [-0.39, 0.29) is 55.8 Å². The molecular formula is C13H8Cl3NaO4S. The Morgan fingerprint density at radius 3 is 2.27 bits per heavy atom. The fraction of sp³-hybridized carbons (Fsp3) is 0.0769. The van der Waals surface area contributed by atoms with Gasteiger partial charge in [-0.25, -0.2) is 8.42 Å². The molecule has 112 valence electrons. The average Bonchev–Trinajstić information content (AvgIpc) is 2.43. The Hall–Kier alpha value is 0.180. The van der Waals surface area contributed by atoms with Gasteiger partial charge in [0.15, 0.2) is 0 Å². The molecule has 1 unspecified atom stereocenters. The van der Waals surface area contributed by atoms with E-state index in [1.165, 1.54) is 24.3 Å². The van der Waals surface area contributed by atoms with Gasteiger partial charge in [-0.1, -0.05) is 53.0 Å². The van der Waals surface area contributed by atoms with Gasteiger partial charge in [0.2, 0.25) is 0 Å². The van der Waals surface area contributed by atoms with Crippen molar-refractivity contribution in [1.82, 2.24) is 0 Å². The van der Waals surface area contributed by atoms with Crippen molar-refractivity contribution in [1.29, 1.82) is 0 Å². The van der Waals surface area contributed by atoms with Crippen LogP contribution in [0.1, 0.15) is 17.2 Å². The van der Waals surface area contributed by atoms with Crippen LogP contribution in [0.4, 0.5) is 0 Å². The summed E-state index contributed by atoms with van der Waals surface area (Å²) >= 11 is 17.7. The van der Waals surface area contributed by atoms with Crippen LogP contribution in [0.25, 0.3) is 0 Å². The Labute approximate surface area is 165 Å². The van der Waals surface area contributed by atoms with Gasteiger partial charge in [0.05, 0.1) is 20.0 Å². The zero-order valence-electron chi connectivity index (χ0n) is 11.3. The number of benzene rings is 2. The zero-order valence-corrected chi connectivity index (χ0v) is 16.3. The largest absolute Gasteiger partial charge is 1.00 e. The molecule has 0 aliphatic rings. The van der Waals surface area contributed by atoms with Crippen LogP contribution in [0.3, 0.4) is 0 Å². The van der Waals surface area contributed by atoms with Crippen LogP contribution in [0, 0.1) is 0 Å². The summed E-state index contributed by atoms with van der Waals surface area (Å²) in [6.07, 6.45) is -1.24. The SMILES string of the molecule is O=S(=O)([O-])c1cccc(C(O)c2ccc(Cl)c(Cl)c2Cl)c1.[Na+]. The number of aliphatic hydroxyl groups is 1. The summed E-state index contributed by atoms with van der Waals surface area (Å²) in [4.78, 5) is -0.435. The third-order valence-corrected chi connectivity index (χ3v) is 4.96. The van der Waals surface area contributed by atoms with Crippen molar-refractivity contribution in [2.45, 2.75) is 11.0 Å². The molecule has 0 spiro atoms. The maximum atomic E-state index is 11.0. The van der Waals surface area contributed by atoms with Crippen molar-refractivity contribution in [2.75, 3.05) is 0 Å². The fourth-order valence-electron chi connectivity index (χ4n) is 1.77. The van der Waals surface area contributed by atoms with E-state index in [4.69, 9.17) is 34.8 Å². The molecule has 0 fully saturated rings. The maximum Gasteiger partial charge on any atom is 1.00 e. The molecule has 9 heteroatoms. The molecule has 0 saturated heterocycles. The average molecular weight is 390 g/mol. The molecule has 2 rings (SSSR count). The molecule has 0 aromatic heterocycles. The first-order chi connectivity index (χ1) is 9.71. The minimum Gasteiger partial charge on any atom is -0.744 e. The zero-order chi connectivity index (χ0) is 15.8. The van der Waals surface area contributed by atoms with E-state index >= 15 is 0 Å². The van der Waals surface area contributed by atoms with Crippen LogP contribution >= 0.6 is 34.8 Å². The van der Waals surface area contributed by atoms with Gasteiger partial charge in [-0.3, -0.25) is 0 Å². The number of hydrogen-bond donors (Lipinski definition) is 1. The van der Waals surface area contributed by atoms with Gasteiger partial charge in [0.1, 0.15) is 16.2 Å². The summed E-state index contributed by atoms with van der Waals surface area (Å²) in [5, 5.41) is 10.7. The Bertz CT molecular complexity index is 796. The molecule has 2 aromatic carbocycles. The van der Waals surface area contributed by atoms with Crippen LogP contribution in [0.2, 0.25) is 15.1 Å². The first-order valence-corrected chi connectivity index (χ1v) is 8.13. The number of halogens is 3. The first-order valence-electron chi connectivity index (χ1n) is 5.59. The topological polar surface area (TPSA) is 77.4 Å². The van der Waals surface area contributed by atoms with Crippen molar-refractivity contribution >= 4 is 44.9 Å². The van der Waals surface area contributed by atoms with E-state index in [9.17, 15) is 18.1 Å². The maximum absolute atomic E-state index is 11.0. The summed E-state index contributed by atoms with van der Waals surface area (Å²) in [7, 11) is -4.61. The summed E-state index contributed by atoms with van der Waals surface area (Å²) in [6, 6.07) is 8.00. The normalized spacial score (nSPS) is 12.6. The molecule has 0 saturated carbocycles. The van der Waals surface area contributed by atoms with Crippen molar-refractivity contribution in [2.24, 2.45) is 0 Å². The number of aliphatic hydroxyl groups excluding tert-OH is 1. The second-order valence-electron chi connectivity index (χ2n) is 4.19. The smallest absolute Gasteiger partial charge is 0.744 e. The van der Waals surface area contributed by atoms with Gasteiger partial charge in [0.25, 0.3) is 0 Å². The molecule has 22 heavy (non-hydrogen) atoms. The molecule has 2 aromatic rings. The molecular weight excluding hydrogens is 382 g/mol. The third kappa shape index (κ3) is 4.38. The Morgan fingerprint density at radius 1 is 1.05 bits per heavy atom. The molecule has 0 aliphatic carbocycles. The minimum absolute atomic E-state index is 0. The second-order valence-corrected chi connectivity index (χ2v) is 6.74. The quantitative estimate of drug-likeness (QED) is 0.475. The molecule has 0 heterocycles. The van der Waals surface area contributed by atoms with Crippen molar-refractivity contribution in [3.05, 3.63) is 62.6 Å². The van der Waals surface area contributed by atoms with Crippen LogP contribution in [-0.2, 0) is 10.1 Å². The van der Waals surface area contributed by atoms with Crippen LogP contribution < -0.4 is 29.6 Å². The Morgan fingerprint density at radius 2 is 1.68 bits per heavy atom.